The molecule has 3 fully saturated rings. The fourth-order valence-electron chi connectivity index (χ4n) is 4.13. The number of likely N-dealkylation sites (tertiary alicyclic amines) is 1. The molecule has 30 heavy (non-hydrogen) atoms. The van der Waals surface area contributed by atoms with Gasteiger partial charge in [-0.05, 0) is 7.05 Å². The smallest absolute Gasteiger partial charge is 0.0248 e. The molecule has 0 bridgehead atoms. The number of likely N-dealkylation sites (N-methyl/N-ethyl adjacent to an activating group) is 1. The van der Waals surface area contributed by atoms with Gasteiger partial charge in [0.25, 0.3) is 0 Å². The van der Waals surface area contributed by atoms with Crippen molar-refractivity contribution in [3.8, 4) is 11.5 Å². The minimum atomic E-state index is -1.29. The van der Waals surface area contributed by atoms with Crippen molar-refractivity contribution in [3.05, 3.63) is 23.3 Å². The van der Waals surface area contributed by atoms with E-state index in [0.717, 1.165) is 20.2 Å². The molecule has 3 aliphatic rings. The number of carbonyl (C=O) groups is 2. The molecule has 10 heteroatoms. The van der Waals surface area contributed by atoms with Gasteiger partial charge in [0.05, 0.1) is 12.7 Å². The van der Waals surface area contributed by atoms with E-state index in [4.69, 9.17) is 9.47 Å². The van der Waals surface area contributed by atoms with Crippen LogP contribution in [0, 0.1) is 0 Å². The second kappa shape index (κ2) is 8.35. The number of morpholine rings is 1. The fourth-order valence-corrected chi connectivity index (χ4v) is 4.13. The average Bonchev–Trinajstić information content (AvgIpc) is 3.43. The number of hydrogen-bond donors (Lipinski definition) is 2. The molecule has 0 radical (unpaired) electrons. The molecule has 160 valence electrons. The molecule has 4 rings (SSSR count). The molecule has 0 aromatic heterocycles. The van der Waals surface area contributed by atoms with Crippen LogP contribution in [0.15, 0.2) is 12.1 Å². The Balaban J connectivity index is 1.35. The van der Waals surface area contributed by atoms with Gasteiger partial charge in [-0.3, -0.25) is 0 Å². The fraction of sp³-hybridized carbons (Fsp3) is 0.600. The third kappa shape index (κ3) is 4.20. The molecule has 2 saturated heterocycles. The molecule has 1 aromatic rings. The van der Waals surface area contributed by atoms with E-state index in [-0.39, 0.29) is 46.9 Å². The van der Waals surface area contributed by atoms with E-state index >= 15 is 0 Å². The first-order valence-electron chi connectivity index (χ1n) is 10.2. The van der Waals surface area contributed by atoms with Gasteiger partial charge >= 0.3 is 132 Å². The largest absolute Gasteiger partial charge is 0.0248 e. The second-order valence-electron chi connectivity index (χ2n) is 8.32. The maximum Gasteiger partial charge on any atom is 0.0248 e. The van der Waals surface area contributed by atoms with Crippen LogP contribution in [0.2, 0.25) is 5.82 Å². The van der Waals surface area contributed by atoms with Crippen LogP contribution < -0.4 is 4.74 Å². The Labute approximate surface area is 174 Å². The van der Waals surface area contributed by atoms with Crippen molar-refractivity contribution >= 4 is 19.0 Å². The number of carbonyl (C=O) groups excluding carboxylic acids is 1. The van der Waals surface area contributed by atoms with E-state index < -0.39 is 5.97 Å². The summed E-state index contributed by atoms with van der Waals surface area (Å²) in [6.07, 6.45) is 0.468. The Hall–Kier alpha value is -2.46. The standard InChI is InChI=1S/C20H25BN2O7/c1-22-4-5-29-11(8-22)6-17(24)23-9-12(10-23)30-16-3-2-13(14-7-15(14)21-28)19(25)18(16)20(26)27/h2-3,11-12,14-15,25H,4-10H2,1H3,(H,26,27)/t11-,14+,15+/m1/s1. The van der Waals surface area contributed by atoms with Crippen LogP contribution in [-0.2, 0) is 14.2 Å². The number of phenols is 1. The molecule has 3 atom stereocenters. The molecule has 1 saturated carbocycles. The van der Waals surface area contributed by atoms with Gasteiger partial charge in [-0.15, -0.1) is 0 Å². The van der Waals surface area contributed by atoms with E-state index in [1.165, 1.54) is 6.07 Å². The molecule has 1 aliphatic carbocycles. The number of amides is 1. The zero-order chi connectivity index (χ0) is 21.4. The summed E-state index contributed by atoms with van der Waals surface area (Å²) in [5.74, 6) is -1.91. The molecule has 1 aromatic carbocycles. The maximum absolute atomic E-state index is 12.4. The predicted molar refractivity (Wildman–Crippen MR) is 105 cm³/mol. The van der Waals surface area contributed by atoms with Crippen LogP contribution in [0.25, 0.3) is 0 Å². The Morgan fingerprint density at radius 2 is 2.07 bits per heavy atom. The quantitative estimate of drug-likeness (QED) is 0.625. The summed E-state index contributed by atoms with van der Waals surface area (Å²) in [7, 11) is 2.82. The molecule has 2 N–H and O–H groups in total. The zero-order valence-electron chi connectivity index (χ0n) is 16.8. The summed E-state index contributed by atoms with van der Waals surface area (Å²) in [6, 6.07) is 3.14. The maximum atomic E-state index is 12.4. The summed E-state index contributed by atoms with van der Waals surface area (Å²) in [4.78, 5) is 27.9. The van der Waals surface area contributed by atoms with Gasteiger partial charge in [-0.1, -0.05) is 0 Å². The van der Waals surface area contributed by atoms with Crippen LogP contribution in [-0.4, -0.2) is 91.1 Å². The van der Waals surface area contributed by atoms with Gasteiger partial charge in [0.1, 0.15) is 0 Å². The third-order valence-electron chi connectivity index (χ3n) is 6.04. The van der Waals surface area contributed by atoms with Crippen LogP contribution in [0.5, 0.6) is 11.5 Å². The van der Waals surface area contributed by atoms with Gasteiger partial charge in [-0.2, -0.15) is 0 Å². The van der Waals surface area contributed by atoms with Gasteiger partial charge < -0.3 is 9.64 Å². The molecular formula is C20H25BN2O7. The number of hydrogen-bond acceptors (Lipinski definition) is 7. The van der Waals surface area contributed by atoms with Crippen LogP contribution in [0.3, 0.4) is 0 Å². The first kappa shape index (κ1) is 20.8. The number of aromatic hydroxyl groups is 1. The molecule has 0 unspecified atom stereocenters. The van der Waals surface area contributed by atoms with E-state index in [9.17, 15) is 24.5 Å². The Morgan fingerprint density at radius 3 is 2.70 bits per heavy atom. The second-order valence-corrected chi connectivity index (χ2v) is 8.32. The van der Waals surface area contributed by atoms with Crippen LogP contribution in [0.4, 0.5) is 0 Å². The SMILES string of the molecule is CN1CCO[C@H](CC(=O)N2CC(Oc3ccc([C@@H]4C[C@@H]4B=O)c(O)c3C(=O)O)C2)C1. The third-order valence-corrected chi connectivity index (χ3v) is 6.04. The normalized spacial score (nSPS) is 26.6. The van der Waals surface area contributed by atoms with Crippen molar-refractivity contribution in [3.63, 3.8) is 0 Å². The minimum Gasteiger partial charge on any atom is 0.0248 e. The molecule has 0 spiro atoms. The average molecular weight is 416 g/mol. The summed E-state index contributed by atoms with van der Waals surface area (Å²) >= 11 is 0. The van der Waals surface area contributed by atoms with E-state index in [1.54, 1.807) is 11.0 Å². The van der Waals surface area contributed by atoms with Crippen molar-refractivity contribution in [1.29, 1.82) is 0 Å². The first-order chi connectivity index (χ1) is 14.4. The number of carboxylic acid groups (broad SMARTS) is 1. The zero-order valence-corrected chi connectivity index (χ0v) is 16.8. The number of rotatable bonds is 7. The summed E-state index contributed by atoms with van der Waals surface area (Å²) in [6.45, 7) is 2.92. The van der Waals surface area contributed by atoms with Gasteiger partial charge in [0.2, 0.25) is 0 Å². The van der Waals surface area contributed by atoms with Gasteiger partial charge in [0, 0.05) is 13.1 Å². The summed E-state index contributed by atoms with van der Waals surface area (Å²) in [5, 5.41) is 20.0. The topological polar surface area (TPSA) is 117 Å². The molecule has 9 nitrogen and oxygen atoms in total. The van der Waals surface area contributed by atoms with Crippen molar-refractivity contribution in [2.24, 2.45) is 0 Å². The molecule has 2 heterocycles. The number of nitrogens with zero attached hydrogens (tertiary/aromatic N) is 2. The Bertz CT molecular complexity index is 858. The Morgan fingerprint density at radius 1 is 1.30 bits per heavy atom. The van der Waals surface area contributed by atoms with Crippen LogP contribution >= 0.6 is 0 Å². The van der Waals surface area contributed by atoms with Crippen molar-refractivity contribution < 1.29 is 34.0 Å². The van der Waals surface area contributed by atoms with Crippen molar-refractivity contribution in [1.82, 2.24) is 9.80 Å². The Kier molecular flexibility index (Phi) is 5.79. The number of carboxylic acids is 1. The van der Waals surface area contributed by atoms with E-state index in [1.807, 2.05) is 7.05 Å². The molecule has 2 aliphatic heterocycles. The monoisotopic (exact) mass is 416 g/mol. The number of benzene rings is 1. The first-order valence-corrected chi connectivity index (χ1v) is 10.2. The molecule has 1 amide bonds. The predicted octanol–water partition coefficient (Wildman–Crippen LogP) is 0.726. The molecular weight excluding hydrogens is 391 g/mol. The van der Waals surface area contributed by atoms with Crippen molar-refractivity contribution in [2.75, 3.05) is 39.8 Å². The minimum absolute atomic E-state index is 0.0135. The van der Waals surface area contributed by atoms with Gasteiger partial charge in [0.15, 0.2) is 0 Å². The summed E-state index contributed by atoms with van der Waals surface area (Å²) < 4.78 is 22.3. The van der Waals surface area contributed by atoms with E-state index in [0.29, 0.717) is 38.1 Å². The van der Waals surface area contributed by atoms with Crippen molar-refractivity contribution in [2.45, 2.75) is 36.8 Å². The van der Waals surface area contributed by atoms with E-state index in [2.05, 4.69) is 4.90 Å². The van der Waals surface area contributed by atoms with Gasteiger partial charge in [-0.25, -0.2) is 0 Å². The summed E-state index contributed by atoms with van der Waals surface area (Å²) in [5.41, 5.74) is 0.159. The number of ether oxygens (including phenoxy) is 2. The number of aromatic carboxylic acids is 1. The van der Waals surface area contributed by atoms with Crippen LogP contribution in [0.1, 0.15) is 34.7 Å².